The highest BCUT2D eigenvalue weighted by molar-refractivity contribution is 7.89. The van der Waals surface area contributed by atoms with Gasteiger partial charge >= 0.3 is 0 Å². The van der Waals surface area contributed by atoms with Crippen LogP contribution in [0.3, 0.4) is 0 Å². The van der Waals surface area contributed by atoms with Crippen LogP contribution < -0.4 is 0 Å². The SMILES string of the molecule is CCc1ccc(S(=O)(=O)N2CC[C@@]3(CCCN(C)C3=O)C2)cc1. The van der Waals surface area contributed by atoms with Crippen molar-refractivity contribution in [1.29, 1.82) is 0 Å². The molecule has 3 rings (SSSR count). The van der Waals surface area contributed by atoms with Crippen molar-refractivity contribution in [2.24, 2.45) is 5.41 Å². The van der Waals surface area contributed by atoms with E-state index in [9.17, 15) is 13.2 Å². The maximum Gasteiger partial charge on any atom is 0.243 e. The molecular formula is C17H24N2O3S. The molecule has 2 heterocycles. The molecule has 0 radical (unpaired) electrons. The third kappa shape index (κ3) is 2.78. The van der Waals surface area contributed by atoms with Gasteiger partial charge in [-0.05, 0) is 43.4 Å². The van der Waals surface area contributed by atoms with Crippen LogP contribution in [0.4, 0.5) is 0 Å². The number of hydrogen-bond donors (Lipinski definition) is 0. The molecule has 23 heavy (non-hydrogen) atoms. The fourth-order valence-electron chi connectivity index (χ4n) is 3.73. The minimum absolute atomic E-state index is 0.0998. The summed E-state index contributed by atoms with van der Waals surface area (Å²) in [6.45, 7) is 3.55. The second-order valence-electron chi connectivity index (χ2n) is 6.70. The molecular weight excluding hydrogens is 312 g/mol. The van der Waals surface area contributed by atoms with Gasteiger partial charge in [0.05, 0.1) is 10.3 Å². The number of piperidine rings is 1. The lowest BCUT2D eigenvalue weighted by Gasteiger charge is -2.37. The summed E-state index contributed by atoms with van der Waals surface area (Å²) in [6, 6.07) is 7.07. The van der Waals surface area contributed by atoms with Crippen LogP contribution in [-0.4, -0.2) is 50.2 Å². The second-order valence-corrected chi connectivity index (χ2v) is 8.63. The van der Waals surface area contributed by atoms with E-state index >= 15 is 0 Å². The van der Waals surface area contributed by atoms with Crippen molar-refractivity contribution >= 4 is 15.9 Å². The minimum Gasteiger partial charge on any atom is -0.345 e. The van der Waals surface area contributed by atoms with Crippen molar-refractivity contribution in [3.63, 3.8) is 0 Å². The van der Waals surface area contributed by atoms with Gasteiger partial charge in [0.1, 0.15) is 0 Å². The third-order valence-corrected chi connectivity index (χ3v) is 7.10. The number of carbonyl (C=O) groups is 1. The van der Waals surface area contributed by atoms with Crippen LogP contribution in [0, 0.1) is 5.41 Å². The molecule has 1 aromatic carbocycles. The van der Waals surface area contributed by atoms with Crippen LogP contribution >= 0.6 is 0 Å². The summed E-state index contributed by atoms with van der Waals surface area (Å²) >= 11 is 0. The Morgan fingerprint density at radius 2 is 1.83 bits per heavy atom. The molecule has 2 aliphatic heterocycles. The molecule has 2 saturated heterocycles. The minimum atomic E-state index is -3.52. The average Bonchev–Trinajstić information content (AvgIpc) is 2.99. The van der Waals surface area contributed by atoms with Gasteiger partial charge in [0.15, 0.2) is 0 Å². The van der Waals surface area contributed by atoms with Crippen LogP contribution in [0.5, 0.6) is 0 Å². The normalized spacial score (nSPS) is 26.2. The zero-order chi connectivity index (χ0) is 16.7. The fourth-order valence-corrected chi connectivity index (χ4v) is 5.26. The third-order valence-electron chi connectivity index (χ3n) is 5.24. The molecule has 126 valence electrons. The highest BCUT2D eigenvalue weighted by Gasteiger charge is 2.50. The van der Waals surface area contributed by atoms with Crippen molar-refractivity contribution in [1.82, 2.24) is 9.21 Å². The molecule has 1 aromatic rings. The Hall–Kier alpha value is -1.40. The number of benzene rings is 1. The molecule has 0 bridgehead atoms. The molecule has 0 saturated carbocycles. The number of sulfonamides is 1. The van der Waals surface area contributed by atoms with Gasteiger partial charge in [0, 0.05) is 26.7 Å². The van der Waals surface area contributed by atoms with Crippen LogP contribution in [0.15, 0.2) is 29.2 Å². The zero-order valence-corrected chi connectivity index (χ0v) is 14.6. The first kappa shape index (κ1) is 16.5. The number of nitrogens with zero attached hydrogens (tertiary/aromatic N) is 2. The van der Waals surface area contributed by atoms with E-state index in [1.807, 2.05) is 26.1 Å². The maximum absolute atomic E-state index is 12.8. The monoisotopic (exact) mass is 336 g/mol. The Labute approximate surface area is 138 Å². The van der Waals surface area contributed by atoms with Crippen LogP contribution in [0.1, 0.15) is 31.7 Å². The maximum atomic E-state index is 12.8. The van der Waals surface area contributed by atoms with Gasteiger partial charge in [-0.2, -0.15) is 4.31 Å². The molecule has 1 spiro atoms. The molecule has 2 fully saturated rings. The van der Waals surface area contributed by atoms with E-state index < -0.39 is 15.4 Å². The quantitative estimate of drug-likeness (QED) is 0.847. The number of likely N-dealkylation sites (tertiary alicyclic amines) is 1. The zero-order valence-electron chi connectivity index (χ0n) is 13.8. The fraction of sp³-hybridized carbons (Fsp3) is 0.588. The van der Waals surface area contributed by atoms with Gasteiger partial charge in [0.25, 0.3) is 0 Å². The average molecular weight is 336 g/mol. The summed E-state index contributed by atoms with van der Waals surface area (Å²) in [5.41, 5.74) is 0.606. The summed E-state index contributed by atoms with van der Waals surface area (Å²) in [4.78, 5) is 14.6. The predicted octanol–water partition coefficient (Wildman–Crippen LogP) is 1.88. The highest BCUT2D eigenvalue weighted by atomic mass is 32.2. The van der Waals surface area contributed by atoms with Gasteiger partial charge in [-0.25, -0.2) is 8.42 Å². The van der Waals surface area contributed by atoms with E-state index in [1.54, 1.807) is 17.0 Å². The molecule has 6 heteroatoms. The molecule has 0 unspecified atom stereocenters. The summed E-state index contributed by atoms with van der Waals surface area (Å²) in [5, 5.41) is 0. The Kier molecular flexibility index (Phi) is 4.23. The summed E-state index contributed by atoms with van der Waals surface area (Å²) in [7, 11) is -1.71. The van der Waals surface area contributed by atoms with Crippen molar-refractivity contribution in [2.45, 2.75) is 37.5 Å². The summed E-state index contributed by atoms with van der Waals surface area (Å²) < 4.78 is 27.2. The number of aryl methyl sites for hydroxylation is 1. The van der Waals surface area contributed by atoms with Crippen LogP contribution in [-0.2, 0) is 21.2 Å². The summed E-state index contributed by atoms with van der Waals surface area (Å²) in [5.74, 6) is 0.0998. The van der Waals surface area contributed by atoms with Crippen molar-refractivity contribution in [3.05, 3.63) is 29.8 Å². The smallest absolute Gasteiger partial charge is 0.243 e. The molecule has 0 aromatic heterocycles. The standard InChI is InChI=1S/C17H24N2O3S/c1-3-14-5-7-15(8-6-14)23(21,22)19-12-10-17(13-19)9-4-11-18(2)16(17)20/h5-8H,3-4,9-13H2,1-2H3/t17-/m0/s1. The van der Waals surface area contributed by atoms with Gasteiger partial charge < -0.3 is 4.90 Å². The Bertz CT molecular complexity index is 699. The first-order valence-electron chi connectivity index (χ1n) is 8.24. The van der Waals surface area contributed by atoms with Gasteiger partial charge in [-0.3, -0.25) is 4.79 Å². The molecule has 0 N–H and O–H groups in total. The van der Waals surface area contributed by atoms with Gasteiger partial charge in [-0.15, -0.1) is 0 Å². The lowest BCUT2D eigenvalue weighted by atomic mass is 9.78. The largest absolute Gasteiger partial charge is 0.345 e. The number of carbonyl (C=O) groups excluding carboxylic acids is 1. The molecule has 2 aliphatic rings. The van der Waals surface area contributed by atoms with E-state index in [0.29, 0.717) is 24.4 Å². The van der Waals surface area contributed by atoms with E-state index in [0.717, 1.165) is 31.4 Å². The molecule has 1 amide bonds. The molecule has 0 aliphatic carbocycles. The summed E-state index contributed by atoms with van der Waals surface area (Å²) in [6.07, 6.45) is 3.24. The van der Waals surface area contributed by atoms with E-state index in [1.165, 1.54) is 4.31 Å². The first-order chi connectivity index (χ1) is 10.9. The Morgan fingerprint density at radius 3 is 2.48 bits per heavy atom. The topological polar surface area (TPSA) is 57.7 Å². The van der Waals surface area contributed by atoms with Crippen molar-refractivity contribution in [2.75, 3.05) is 26.7 Å². The van der Waals surface area contributed by atoms with Crippen LogP contribution in [0.2, 0.25) is 0 Å². The Morgan fingerprint density at radius 1 is 1.13 bits per heavy atom. The number of rotatable bonds is 3. The molecule has 5 nitrogen and oxygen atoms in total. The first-order valence-corrected chi connectivity index (χ1v) is 9.68. The lowest BCUT2D eigenvalue weighted by molar-refractivity contribution is -0.143. The van der Waals surface area contributed by atoms with Gasteiger partial charge in [0.2, 0.25) is 15.9 Å². The van der Waals surface area contributed by atoms with Gasteiger partial charge in [-0.1, -0.05) is 19.1 Å². The molecule has 1 atom stereocenters. The van der Waals surface area contributed by atoms with E-state index in [-0.39, 0.29) is 5.91 Å². The van der Waals surface area contributed by atoms with Crippen LogP contribution in [0.25, 0.3) is 0 Å². The van der Waals surface area contributed by atoms with E-state index in [2.05, 4.69) is 0 Å². The van der Waals surface area contributed by atoms with Crippen molar-refractivity contribution < 1.29 is 13.2 Å². The predicted molar refractivity (Wildman–Crippen MR) is 88.5 cm³/mol. The second kappa shape index (κ2) is 5.91. The number of amides is 1. The Balaban J connectivity index is 1.83. The lowest BCUT2D eigenvalue weighted by Crippen LogP contribution is -2.48. The van der Waals surface area contributed by atoms with Crippen molar-refractivity contribution in [3.8, 4) is 0 Å². The van der Waals surface area contributed by atoms with E-state index in [4.69, 9.17) is 0 Å². The number of hydrogen-bond acceptors (Lipinski definition) is 3. The highest BCUT2D eigenvalue weighted by Crippen LogP contribution is 2.41.